The van der Waals surface area contributed by atoms with Crippen LogP contribution in [-0.4, -0.2) is 62.9 Å². The quantitative estimate of drug-likeness (QED) is 0.478. The molecule has 4 rings (SSSR count). The third-order valence-electron chi connectivity index (χ3n) is 6.03. The summed E-state index contributed by atoms with van der Waals surface area (Å²) in [6, 6.07) is 8.82. The van der Waals surface area contributed by atoms with Crippen LogP contribution in [0.1, 0.15) is 25.3 Å². The molecule has 2 fully saturated rings. The Balaban J connectivity index is 1.39. The lowest BCUT2D eigenvalue weighted by Gasteiger charge is -2.28. The van der Waals surface area contributed by atoms with Gasteiger partial charge in [0.15, 0.2) is 18.8 Å². The maximum Gasteiger partial charge on any atom is 0.200 e. The van der Waals surface area contributed by atoms with Crippen LogP contribution in [0.3, 0.4) is 0 Å². The molecule has 1 aliphatic carbocycles. The number of benzene rings is 1. The molecule has 0 atom stereocenters. The highest BCUT2D eigenvalue weighted by molar-refractivity contribution is 6.02. The molecule has 2 saturated heterocycles. The van der Waals surface area contributed by atoms with Gasteiger partial charge in [-0.05, 0) is 47.4 Å². The van der Waals surface area contributed by atoms with Gasteiger partial charge < -0.3 is 14.4 Å². The first-order valence-electron chi connectivity index (χ1n) is 11.9. The molecular weight excluding hydrogens is 396 g/mol. The van der Waals surface area contributed by atoms with Gasteiger partial charge in [-0.15, -0.1) is 0 Å². The minimum absolute atomic E-state index is 0.819. The van der Waals surface area contributed by atoms with Gasteiger partial charge in [-0.1, -0.05) is 49.8 Å². The van der Waals surface area contributed by atoms with E-state index in [9.17, 15) is 0 Å². The molecule has 4 nitrogen and oxygen atoms in total. The molecule has 0 spiro atoms. The number of nitrogens with zero attached hydrogens (tertiary/aromatic N) is 2. The Morgan fingerprint density at radius 2 is 1.62 bits per heavy atom. The highest BCUT2D eigenvalue weighted by Gasteiger charge is 2.16. The number of morpholine rings is 2. The van der Waals surface area contributed by atoms with Gasteiger partial charge in [0.05, 0.1) is 13.2 Å². The van der Waals surface area contributed by atoms with Crippen molar-refractivity contribution in [3.05, 3.63) is 83.5 Å². The van der Waals surface area contributed by atoms with Crippen molar-refractivity contribution in [2.75, 3.05) is 57.5 Å². The number of anilines is 1. The predicted molar refractivity (Wildman–Crippen MR) is 134 cm³/mol. The van der Waals surface area contributed by atoms with E-state index in [1.807, 2.05) is 0 Å². The SMILES string of the molecule is CCCC(C=C1C=CC(=[N+]2CCOCC2)C=C1)=CC=Cc1ccc(N2CCOCC2)cc1. The maximum atomic E-state index is 5.46. The van der Waals surface area contributed by atoms with E-state index in [-0.39, 0.29) is 0 Å². The van der Waals surface area contributed by atoms with Gasteiger partial charge in [-0.2, -0.15) is 0 Å². The van der Waals surface area contributed by atoms with E-state index in [1.54, 1.807) is 0 Å². The topological polar surface area (TPSA) is 24.7 Å². The monoisotopic (exact) mass is 431 g/mol. The zero-order valence-electron chi connectivity index (χ0n) is 19.2. The van der Waals surface area contributed by atoms with Crippen LogP contribution in [0.25, 0.3) is 6.08 Å². The number of hydrogen-bond acceptors (Lipinski definition) is 3. The molecule has 0 bridgehead atoms. The molecule has 0 unspecified atom stereocenters. The maximum absolute atomic E-state index is 5.46. The Hall–Kier alpha value is -2.69. The number of rotatable bonds is 6. The van der Waals surface area contributed by atoms with E-state index in [0.29, 0.717) is 0 Å². The molecule has 4 heteroatoms. The first-order chi connectivity index (χ1) is 15.8. The zero-order valence-corrected chi connectivity index (χ0v) is 19.2. The third-order valence-corrected chi connectivity index (χ3v) is 6.03. The van der Waals surface area contributed by atoms with Crippen molar-refractivity contribution < 1.29 is 14.0 Å². The number of allylic oxidation sites excluding steroid dienone is 9. The second kappa shape index (κ2) is 11.8. The fraction of sp³-hybridized carbons (Fsp3) is 0.393. The van der Waals surface area contributed by atoms with E-state index >= 15 is 0 Å². The summed E-state index contributed by atoms with van der Waals surface area (Å²) in [4.78, 5) is 2.38. The van der Waals surface area contributed by atoms with E-state index in [1.165, 1.54) is 28.1 Å². The van der Waals surface area contributed by atoms with Crippen molar-refractivity contribution in [3.8, 4) is 0 Å². The third kappa shape index (κ3) is 6.41. The van der Waals surface area contributed by atoms with E-state index in [0.717, 1.165) is 65.4 Å². The Labute approximate surface area is 192 Å². The van der Waals surface area contributed by atoms with Crippen LogP contribution in [0, 0.1) is 0 Å². The molecule has 0 aromatic heterocycles. The van der Waals surface area contributed by atoms with Gasteiger partial charge in [-0.3, -0.25) is 0 Å². The highest BCUT2D eigenvalue weighted by atomic mass is 16.5. The van der Waals surface area contributed by atoms with Crippen LogP contribution in [0.5, 0.6) is 0 Å². The van der Waals surface area contributed by atoms with Crippen LogP contribution >= 0.6 is 0 Å². The summed E-state index contributed by atoms with van der Waals surface area (Å²) in [5.41, 5.74) is 6.40. The molecule has 0 N–H and O–H groups in total. The largest absolute Gasteiger partial charge is 0.378 e. The second-order valence-corrected chi connectivity index (χ2v) is 8.38. The summed E-state index contributed by atoms with van der Waals surface area (Å²) in [7, 11) is 0. The Bertz CT molecular complexity index is 916. The number of hydrogen-bond donors (Lipinski definition) is 0. The smallest absolute Gasteiger partial charge is 0.200 e. The molecule has 0 radical (unpaired) electrons. The summed E-state index contributed by atoms with van der Waals surface area (Å²) in [6.07, 6.45) is 20.0. The average molecular weight is 432 g/mol. The zero-order chi connectivity index (χ0) is 22.0. The van der Waals surface area contributed by atoms with Crippen molar-refractivity contribution in [3.63, 3.8) is 0 Å². The van der Waals surface area contributed by atoms with Gasteiger partial charge in [0, 0.05) is 30.9 Å². The Kier molecular flexibility index (Phi) is 8.29. The molecule has 1 aromatic rings. The molecule has 168 valence electrons. The van der Waals surface area contributed by atoms with Crippen molar-refractivity contribution in [2.45, 2.75) is 19.8 Å². The summed E-state index contributed by atoms with van der Waals surface area (Å²) < 4.78 is 13.3. The minimum atomic E-state index is 0.819. The lowest BCUT2D eigenvalue weighted by atomic mass is 10.0. The lowest BCUT2D eigenvalue weighted by Crippen LogP contribution is -2.36. The van der Waals surface area contributed by atoms with Crippen molar-refractivity contribution in [1.82, 2.24) is 0 Å². The first-order valence-corrected chi connectivity index (χ1v) is 11.9. The molecular formula is C28H35N2O2+. The van der Waals surface area contributed by atoms with Crippen molar-refractivity contribution in [1.29, 1.82) is 0 Å². The minimum Gasteiger partial charge on any atom is -0.378 e. The van der Waals surface area contributed by atoms with Gasteiger partial charge in [0.2, 0.25) is 0 Å². The van der Waals surface area contributed by atoms with Crippen LogP contribution in [0.4, 0.5) is 5.69 Å². The van der Waals surface area contributed by atoms with Gasteiger partial charge >= 0.3 is 0 Å². The normalized spacial score (nSPS) is 19.8. The van der Waals surface area contributed by atoms with Crippen molar-refractivity contribution >= 4 is 17.5 Å². The van der Waals surface area contributed by atoms with Gasteiger partial charge in [0.25, 0.3) is 0 Å². The summed E-state index contributed by atoms with van der Waals surface area (Å²) in [5, 5.41) is 0. The van der Waals surface area contributed by atoms with Crippen LogP contribution in [-0.2, 0) is 9.47 Å². The first kappa shape index (κ1) is 22.5. The van der Waals surface area contributed by atoms with E-state index in [4.69, 9.17) is 9.47 Å². The van der Waals surface area contributed by atoms with Crippen LogP contribution in [0.15, 0.2) is 77.9 Å². The molecule has 3 aliphatic rings. The van der Waals surface area contributed by atoms with Gasteiger partial charge in [-0.25, -0.2) is 4.58 Å². The molecule has 2 aliphatic heterocycles. The van der Waals surface area contributed by atoms with E-state index < -0.39 is 0 Å². The number of ether oxygens (including phenoxy) is 2. The van der Waals surface area contributed by atoms with Crippen molar-refractivity contribution in [2.24, 2.45) is 0 Å². The second-order valence-electron chi connectivity index (χ2n) is 8.38. The standard InChI is InChI=1S/C28H35N2O2/c1-2-4-25(23-26-9-13-28(14-10-26)30-17-21-32-22-18-30)6-3-5-24-7-11-27(12-8-24)29-15-19-31-20-16-29/h3,5-14,23H,2,4,15-22H2,1H3/q+1. The molecule has 32 heavy (non-hydrogen) atoms. The lowest BCUT2D eigenvalue weighted by molar-refractivity contribution is -0.547. The Morgan fingerprint density at radius 3 is 2.31 bits per heavy atom. The van der Waals surface area contributed by atoms with Crippen LogP contribution < -0.4 is 4.90 Å². The molecule has 0 saturated carbocycles. The molecule has 2 heterocycles. The summed E-state index contributed by atoms with van der Waals surface area (Å²) in [5.74, 6) is 0. The fourth-order valence-electron chi connectivity index (χ4n) is 4.21. The molecule has 1 aromatic carbocycles. The predicted octanol–water partition coefficient (Wildman–Crippen LogP) is 4.80. The fourth-order valence-corrected chi connectivity index (χ4v) is 4.21. The Morgan fingerprint density at radius 1 is 0.938 bits per heavy atom. The van der Waals surface area contributed by atoms with Crippen LogP contribution in [0.2, 0.25) is 0 Å². The summed E-state index contributed by atoms with van der Waals surface area (Å²) >= 11 is 0. The molecule has 0 amide bonds. The highest BCUT2D eigenvalue weighted by Crippen LogP contribution is 2.18. The summed E-state index contributed by atoms with van der Waals surface area (Å²) in [6.45, 7) is 9.40. The average Bonchev–Trinajstić information content (AvgIpc) is 2.86. The van der Waals surface area contributed by atoms with Gasteiger partial charge in [0.1, 0.15) is 13.2 Å². The van der Waals surface area contributed by atoms with E-state index in [2.05, 4.69) is 89.3 Å².